The second-order valence-corrected chi connectivity index (χ2v) is 25.7. The number of nitrogens with one attached hydrogen (secondary N) is 1. The molecule has 14 nitrogen and oxygen atoms in total. The summed E-state index contributed by atoms with van der Waals surface area (Å²) in [7, 11) is 0. The summed E-state index contributed by atoms with van der Waals surface area (Å²) >= 11 is 0. The zero-order chi connectivity index (χ0) is 61.6. The number of carbonyl (C=O) groups is 1. The lowest BCUT2D eigenvalue weighted by Gasteiger charge is -2.46. The first-order valence-corrected chi connectivity index (χ1v) is 36.1. The van der Waals surface area contributed by atoms with Gasteiger partial charge in [-0.3, -0.25) is 4.79 Å². The smallest absolute Gasteiger partial charge is 0.220 e. The molecule has 2 rings (SSSR count). The average Bonchev–Trinajstić information content (AvgIpc) is 3.64. The quantitative estimate of drug-likeness (QED) is 0.0204. The number of hydrogen-bond donors (Lipinski definition) is 9. The van der Waals surface area contributed by atoms with Crippen molar-refractivity contribution in [1.29, 1.82) is 0 Å². The van der Waals surface area contributed by atoms with Crippen LogP contribution in [-0.2, 0) is 23.7 Å². The molecule has 0 aliphatic carbocycles. The van der Waals surface area contributed by atoms with Gasteiger partial charge in [-0.05, 0) is 32.1 Å². The van der Waals surface area contributed by atoms with Crippen LogP contribution >= 0.6 is 0 Å². The average molecular weight is 1210 g/mol. The van der Waals surface area contributed by atoms with Crippen LogP contribution in [0.2, 0.25) is 0 Å². The molecule has 0 spiro atoms. The predicted octanol–water partition coefficient (Wildman–Crippen LogP) is 14.7. The summed E-state index contributed by atoms with van der Waals surface area (Å²) in [5, 5.41) is 87.2. The third-order valence-electron chi connectivity index (χ3n) is 17.9. The van der Waals surface area contributed by atoms with Gasteiger partial charge in [0.15, 0.2) is 12.6 Å². The van der Waals surface area contributed by atoms with Crippen molar-refractivity contribution in [2.45, 2.75) is 402 Å². The van der Waals surface area contributed by atoms with Crippen molar-refractivity contribution in [1.82, 2.24) is 5.32 Å². The predicted molar refractivity (Wildman–Crippen MR) is 346 cm³/mol. The van der Waals surface area contributed by atoms with Crippen molar-refractivity contribution in [3.05, 3.63) is 24.3 Å². The molecule has 2 aliphatic rings. The van der Waals surface area contributed by atoms with Crippen molar-refractivity contribution in [2.24, 2.45) is 0 Å². The van der Waals surface area contributed by atoms with E-state index < -0.39 is 86.8 Å². The van der Waals surface area contributed by atoms with E-state index >= 15 is 0 Å². The van der Waals surface area contributed by atoms with Gasteiger partial charge in [0.25, 0.3) is 0 Å². The number of ether oxygens (including phenoxy) is 4. The van der Waals surface area contributed by atoms with Crippen LogP contribution in [0.15, 0.2) is 24.3 Å². The van der Waals surface area contributed by atoms with Gasteiger partial charge in [-0.2, -0.15) is 0 Å². The molecule has 502 valence electrons. The zero-order valence-corrected chi connectivity index (χ0v) is 54.6. The van der Waals surface area contributed by atoms with E-state index in [1.807, 2.05) is 6.08 Å². The lowest BCUT2D eigenvalue weighted by molar-refractivity contribution is -0.359. The Kier molecular flexibility index (Phi) is 52.8. The van der Waals surface area contributed by atoms with Crippen LogP contribution in [-0.4, -0.2) is 140 Å². The van der Waals surface area contributed by atoms with Gasteiger partial charge in [0.2, 0.25) is 5.91 Å². The van der Waals surface area contributed by atoms with Crippen LogP contribution in [0.3, 0.4) is 0 Å². The minimum absolute atomic E-state index is 0.243. The Hall–Kier alpha value is -1.53. The first-order chi connectivity index (χ1) is 41.6. The molecule has 9 N–H and O–H groups in total. The minimum atomic E-state index is -1.79. The van der Waals surface area contributed by atoms with Crippen molar-refractivity contribution >= 4 is 5.91 Å². The molecular weight excluding hydrogens is 1070 g/mol. The molecular formula is C71H135NO13. The fourth-order valence-electron chi connectivity index (χ4n) is 12.1. The second kappa shape index (κ2) is 56.5. The molecule has 12 unspecified atom stereocenters. The summed E-state index contributed by atoms with van der Waals surface area (Å²) in [6.45, 7) is 2.81. The van der Waals surface area contributed by atoms with E-state index in [0.29, 0.717) is 12.8 Å². The van der Waals surface area contributed by atoms with E-state index in [-0.39, 0.29) is 18.9 Å². The molecule has 2 heterocycles. The van der Waals surface area contributed by atoms with Crippen LogP contribution in [0.5, 0.6) is 0 Å². The van der Waals surface area contributed by atoms with Gasteiger partial charge in [0.1, 0.15) is 48.8 Å². The van der Waals surface area contributed by atoms with Crippen LogP contribution in [0.4, 0.5) is 0 Å². The Morgan fingerprint density at radius 2 is 0.753 bits per heavy atom. The first-order valence-electron chi connectivity index (χ1n) is 36.1. The number of amides is 1. The zero-order valence-electron chi connectivity index (χ0n) is 54.6. The highest BCUT2D eigenvalue weighted by atomic mass is 16.7. The van der Waals surface area contributed by atoms with Gasteiger partial charge in [0.05, 0.1) is 32.0 Å². The lowest BCUT2D eigenvalue weighted by atomic mass is 9.97. The maximum absolute atomic E-state index is 13.3. The molecule has 14 heteroatoms. The Labute approximate surface area is 519 Å². The van der Waals surface area contributed by atoms with Crippen molar-refractivity contribution in [3.63, 3.8) is 0 Å². The standard InChI is InChI=1S/C71H135NO13/c1-3-5-7-9-11-13-15-17-19-20-21-22-23-24-25-26-27-28-29-30-31-32-33-34-35-36-37-38-39-40-41-43-45-47-49-51-53-55-63(76)72-59(60(75)54-52-50-48-46-44-42-18-16-14-12-10-8-6-4-2)58-82-70-68(81)66(79)69(62(57-74)84-70)85-71-67(80)65(78)64(77)61(56-73)83-71/h44,46,52,54,59-62,64-71,73-75,77-81H,3-43,45,47-51,53,55-58H2,1-2H3,(H,72,76)/b46-44+,54-52+. The van der Waals surface area contributed by atoms with Gasteiger partial charge in [-0.25, -0.2) is 0 Å². The molecule has 2 saturated heterocycles. The van der Waals surface area contributed by atoms with E-state index in [2.05, 4.69) is 31.3 Å². The number of unbranched alkanes of at least 4 members (excludes halogenated alkanes) is 45. The molecule has 0 aromatic heterocycles. The molecule has 2 fully saturated rings. The maximum Gasteiger partial charge on any atom is 0.220 e. The van der Waals surface area contributed by atoms with Gasteiger partial charge in [-0.1, -0.05) is 314 Å². The van der Waals surface area contributed by atoms with Crippen LogP contribution in [0, 0.1) is 0 Å². The third-order valence-corrected chi connectivity index (χ3v) is 17.9. The van der Waals surface area contributed by atoms with Crippen LogP contribution < -0.4 is 5.32 Å². The van der Waals surface area contributed by atoms with Gasteiger partial charge >= 0.3 is 0 Å². The molecule has 85 heavy (non-hydrogen) atoms. The number of aliphatic hydroxyl groups is 8. The van der Waals surface area contributed by atoms with Crippen molar-refractivity contribution in [3.8, 4) is 0 Å². The number of aliphatic hydroxyl groups excluding tert-OH is 8. The Bertz CT molecular complexity index is 1520. The summed E-state index contributed by atoms with van der Waals surface area (Å²) in [4.78, 5) is 13.3. The Balaban J connectivity index is 1.56. The van der Waals surface area contributed by atoms with E-state index in [1.165, 1.54) is 263 Å². The Morgan fingerprint density at radius 3 is 1.15 bits per heavy atom. The molecule has 0 radical (unpaired) electrons. The first kappa shape index (κ1) is 79.6. The highest BCUT2D eigenvalue weighted by Crippen LogP contribution is 2.30. The third kappa shape index (κ3) is 40.8. The van der Waals surface area contributed by atoms with Crippen molar-refractivity contribution < 1.29 is 64.6 Å². The number of hydrogen-bond acceptors (Lipinski definition) is 13. The Morgan fingerprint density at radius 1 is 0.412 bits per heavy atom. The largest absolute Gasteiger partial charge is 0.394 e. The van der Waals surface area contributed by atoms with Gasteiger partial charge in [0, 0.05) is 6.42 Å². The number of rotatable bonds is 60. The minimum Gasteiger partial charge on any atom is -0.394 e. The SMILES string of the molecule is CCCCCCCCCC/C=C/CC/C=C/C(O)C(COC1OC(CO)C(OC2OC(CO)C(O)C(O)C2O)C(O)C1O)NC(=O)CCCCCCCCCCCCCCCCCCCCCCCCCCCCCCCCCCCCCCC. The van der Waals surface area contributed by atoms with Gasteiger partial charge in [-0.15, -0.1) is 0 Å². The van der Waals surface area contributed by atoms with Crippen LogP contribution in [0.1, 0.15) is 328 Å². The summed E-state index contributed by atoms with van der Waals surface area (Å²) in [5.41, 5.74) is 0. The molecule has 0 aromatic carbocycles. The fourth-order valence-corrected chi connectivity index (χ4v) is 12.1. The highest BCUT2D eigenvalue weighted by molar-refractivity contribution is 5.76. The molecule has 0 aromatic rings. The summed E-state index contributed by atoms with van der Waals surface area (Å²) < 4.78 is 22.8. The fraction of sp³-hybridized carbons (Fsp3) is 0.930. The van der Waals surface area contributed by atoms with Crippen LogP contribution in [0.25, 0.3) is 0 Å². The lowest BCUT2D eigenvalue weighted by Crippen LogP contribution is -2.65. The molecule has 12 atom stereocenters. The summed E-state index contributed by atoms with van der Waals surface area (Å²) in [5.74, 6) is -0.243. The van der Waals surface area contributed by atoms with E-state index in [9.17, 15) is 45.6 Å². The normalized spacial score (nSPS) is 23.6. The number of carbonyl (C=O) groups excluding carboxylic acids is 1. The van der Waals surface area contributed by atoms with E-state index in [0.717, 1.165) is 32.1 Å². The van der Waals surface area contributed by atoms with Gasteiger partial charge < -0.3 is 65.1 Å². The second-order valence-electron chi connectivity index (χ2n) is 25.7. The summed E-state index contributed by atoms with van der Waals surface area (Å²) in [6.07, 6.45) is 54.2. The molecule has 2 aliphatic heterocycles. The monoisotopic (exact) mass is 1210 g/mol. The highest BCUT2D eigenvalue weighted by Gasteiger charge is 2.51. The van der Waals surface area contributed by atoms with E-state index in [1.54, 1.807) is 6.08 Å². The van der Waals surface area contributed by atoms with E-state index in [4.69, 9.17) is 18.9 Å². The maximum atomic E-state index is 13.3. The number of allylic oxidation sites excluding steroid dienone is 3. The molecule has 1 amide bonds. The summed E-state index contributed by atoms with van der Waals surface area (Å²) in [6, 6.07) is -0.928. The van der Waals surface area contributed by atoms with Crippen molar-refractivity contribution in [2.75, 3.05) is 19.8 Å². The molecule has 0 bridgehead atoms. The molecule has 0 saturated carbocycles. The topological polar surface area (TPSA) is 228 Å².